The molecule has 8 heteroatoms. The number of nitrogens with one attached hydrogen (secondary N) is 1. The van der Waals surface area contributed by atoms with Gasteiger partial charge in [-0.1, -0.05) is 0 Å². The summed E-state index contributed by atoms with van der Waals surface area (Å²) >= 11 is 0. The number of sulfonamides is 1. The Morgan fingerprint density at radius 2 is 1.95 bits per heavy atom. The lowest BCUT2D eigenvalue weighted by molar-refractivity contribution is 0.00554. The van der Waals surface area contributed by atoms with E-state index in [0.29, 0.717) is 26.2 Å². The molecule has 2 fully saturated rings. The molecule has 0 aliphatic carbocycles. The predicted octanol–water partition coefficient (Wildman–Crippen LogP) is -0.384. The molecule has 0 radical (unpaired) electrons. The third kappa shape index (κ3) is 2.23. The second-order valence-corrected chi connectivity index (χ2v) is 7.16. The van der Waals surface area contributed by atoms with Gasteiger partial charge in [0.25, 0.3) is 5.91 Å². The van der Waals surface area contributed by atoms with E-state index in [1.165, 1.54) is 21.5 Å². The highest BCUT2D eigenvalue weighted by atomic mass is 32.2. The summed E-state index contributed by atoms with van der Waals surface area (Å²) in [5.74, 6) is -0.279. The van der Waals surface area contributed by atoms with Crippen molar-refractivity contribution in [1.82, 2.24) is 14.2 Å². The molecule has 0 saturated carbocycles. The van der Waals surface area contributed by atoms with Crippen LogP contribution in [0.4, 0.5) is 0 Å². The maximum absolute atomic E-state index is 12.3. The molecule has 3 rings (SSSR count). The number of aliphatic hydroxyl groups excluding tert-OH is 1. The van der Waals surface area contributed by atoms with Crippen molar-refractivity contribution in [3.63, 3.8) is 0 Å². The Morgan fingerprint density at radius 1 is 1.30 bits per heavy atom. The summed E-state index contributed by atoms with van der Waals surface area (Å²) in [4.78, 5) is 16.3. The fourth-order valence-corrected chi connectivity index (χ4v) is 4.03. The average molecular weight is 299 g/mol. The Morgan fingerprint density at radius 3 is 2.55 bits per heavy atom. The zero-order valence-corrected chi connectivity index (χ0v) is 11.8. The van der Waals surface area contributed by atoms with Crippen LogP contribution in [0.25, 0.3) is 0 Å². The summed E-state index contributed by atoms with van der Waals surface area (Å²) in [6.45, 7) is 1.67. The Balaban J connectivity index is 1.78. The fourth-order valence-electron chi connectivity index (χ4n) is 2.52. The Labute approximate surface area is 117 Å². The third-order valence-corrected chi connectivity index (χ3v) is 5.62. The Kier molecular flexibility index (Phi) is 3.31. The highest BCUT2D eigenvalue weighted by Crippen LogP contribution is 2.22. The SMILES string of the molecule is O=C(c1cc(S(=O)(=O)N2CCCC2)c[nH]1)N1CC(O)C1. The van der Waals surface area contributed by atoms with E-state index >= 15 is 0 Å². The summed E-state index contributed by atoms with van der Waals surface area (Å²) in [5, 5.41) is 9.19. The number of aromatic amines is 1. The van der Waals surface area contributed by atoms with Gasteiger partial charge in [-0.3, -0.25) is 4.79 Å². The summed E-state index contributed by atoms with van der Waals surface area (Å²) < 4.78 is 26.1. The Hall–Kier alpha value is -1.38. The molecule has 0 spiro atoms. The first kappa shape index (κ1) is 13.6. The first-order valence-electron chi connectivity index (χ1n) is 6.64. The molecule has 2 N–H and O–H groups in total. The highest BCUT2D eigenvalue weighted by molar-refractivity contribution is 7.89. The van der Waals surface area contributed by atoms with Crippen LogP contribution in [0.3, 0.4) is 0 Å². The fraction of sp³-hybridized carbons (Fsp3) is 0.583. The normalized spacial score (nSPS) is 21.1. The smallest absolute Gasteiger partial charge is 0.270 e. The number of hydrogen-bond acceptors (Lipinski definition) is 4. The van der Waals surface area contributed by atoms with Crippen molar-refractivity contribution in [2.45, 2.75) is 23.8 Å². The molecule has 2 aliphatic rings. The van der Waals surface area contributed by atoms with Crippen LogP contribution in [0.1, 0.15) is 23.3 Å². The van der Waals surface area contributed by atoms with Crippen LogP contribution < -0.4 is 0 Å². The molecule has 2 aliphatic heterocycles. The van der Waals surface area contributed by atoms with Gasteiger partial charge < -0.3 is 15.0 Å². The molecule has 1 amide bonds. The molecule has 3 heterocycles. The van der Waals surface area contributed by atoms with Crippen LogP contribution >= 0.6 is 0 Å². The second kappa shape index (κ2) is 4.87. The molecule has 0 unspecified atom stereocenters. The van der Waals surface area contributed by atoms with Crippen LogP contribution in [0.2, 0.25) is 0 Å². The Bertz CT molecular complexity index is 612. The van der Waals surface area contributed by atoms with Gasteiger partial charge in [0, 0.05) is 32.4 Å². The molecule has 110 valence electrons. The van der Waals surface area contributed by atoms with Gasteiger partial charge in [0.05, 0.1) is 6.10 Å². The van der Waals surface area contributed by atoms with E-state index in [2.05, 4.69) is 4.98 Å². The van der Waals surface area contributed by atoms with E-state index in [1.54, 1.807) is 0 Å². The third-order valence-electron chi connectivity index (χ3n) is 3.74. The zero-order valence-electron chi connectivity index (χ0n) is 10.9. The average Bonchev–Trinajstić information content (AvgIpc) is 3.04. The minimum Gasteiger partial charge on any atom is -0.389 e. The minimum absolute atomic E-state index is 0.129. The number of nitrogens with zero attached hydrogens (tertiary/aromatic N) is 2. The van der Waals surface area contributed by atoms with Gasteiger partial charge in [-0.25, -0.2) is 8.42 Å². The number of aromatic nitrogens is 1. The van der Waals surface area contributed by atoms with Crippen molar-refractivity contribution in [3.8, 4) is 0 Å². The van der Waals surface area contributed by atoms with Crippen molar-refractivity contribution in [1.29, 1.82) is 0 Å². The molecule has 1 aromatic heterocycles. The van der Waals surface area contributed by atoms with Gasteiger partial charge in [-0.05, 0) is 18.9 Å². The van der Waals surface area contributed by atoms with Gasteiger partial charge in [0.1, 0.15) is 10.6 Å². The van der Waals surface area contributed by atoms with Crippen molar-refractivity contribution in [2.75, 3.05) is 26.2 Å². The first-order valence-corrected chi connectivity index (χ1v) is 8.08. The number of carbonyl (C=O) groups is 1. The van der Waals surface area contributed by atoms with E-state index in [1.807, 2.05) is 0 Å². The quantitative estimate of drug-likeness (QED) is 0.795. The number of carbonyl (C=O) groups excluding carboxylic acids is 1. The van der Waals surface area contributed by atoms with E-state index in [0.717, 1.165) is 12.8 Å². The molecule has 0 aromatic carbocycles. The van der Waals surface area contributed by atoms with Gasteiger partial charge in [0.15, 0.2) is 0 Å². The van der Waals surface area contributed by atoms with Crippen molar-refractivity contribution in [2.24, 2.45) is 0 Å². The number of amides is 1. The van der Waals surface area contributed by atoms with Crippen LogP contribution in [0.5, 0.6) is 0 Å². The van der Waals surface area contributed by atoms with Crippen LogP contribution in [-0.4, -0.2) is 65.9 Å². The largest absolute Gasteiger partial charge is 0.389 e. The van der Waals surface area contributed by atoms with Crippen molar-refractivity contribution >= 4 is 15.9 Å². The number of β-amino-alcohol motifs (C(OH)–C–C–N with tert-alkyl or cyclic N) is 1. The van der Waals surface area contributed by atoms with E-state index in [-0.39, 0.29) is 16.5 Å². The highest BCUT2D eigenvalue weighted by Gasteiger charge is 2.32. The van der Waals surface area contributed by atoms with E-state index in [4.69, 9.17) is 0 Å². The number of hydrogen-bond donors (Lipinski definition) is 2. The molecule has 7 nitrogen and oxygen atoms in total. The maximum atomic E-state index is 12.3. The van der Waals surface area contributed by atoms with E-state index in [9.17, 15) is 18.3 Å². The van der Waals surface area contributed by atoms with E-state index < -0.39 is 16.1 Å². The number of likely N-dealkylation sites (tertiary alicyclic amines) is 1. The molecule has 0 atom stereocenters. The van der Waals surface area contributed by atoms with Gasteiger partial charge in [-0.2, -0.15) is 4.31 Å². The second-order valence-electron chi connectivity index (χ2n) is 5.22. The summed E-state index contributed by atoms with van der Waals surface area (Å²) in [5.41, 5.74) is 0.245. The minimum atomic E-state index is -3.49. The molecule has 0 bridgehead atoms. The lowest BCUT2D eigenvalue weighted by Crippen LogP contribution is -2.53. The van der Waals surface area contributed by atoms with Gasteiger partial charge in [0.2, 0.25) is 10.0 Å². The summed E-state index contributed by atoms with van der Waals surface area (Å²) in [6.07, 6.45) is 2.64. The number of H-pyrrole nitrogens is 1. The van der Waals surface area contributed by atoms with Crippen LogP contribution in [0.15, 0.2) is 17.2 Å². The number of rotatable bonds is 3. The molecule has 2 saturated heterocycles. The summed E-state index contributed by atoms with van der Waals surface area (Å²) in [6, 6.07) is 1.38. The van der Waals surface area contributed by atoms with Crippen LogP contribution in [-0.2, 0) is 10.0 Å². The molecule has 20 heavy (non-hydrogen) atoms. The van der Waals surface area contributed by atoms with Crippen molar-refractivity contribution < 1.29 is 18.3 Å². The van der Waals surface area contributed by atoms with Crippen LogP contribution in [0, 0.1) is 0 Å². The molecular formula is C12H17N3O4S. The van der Waals surface area contributed by atoms with Gasteiger partial charge in [-0.15, -0.1) is 0 Å². The maximum Gasteiger partial charge on any atom is 0.270 e. The molecular weight excluding hydrogens is 282 g/mol. The monoisotopic (exact) mass is 299 g/mol. The van der Waals surface area contributed by atoms with Gasteiger partial charge >= 0.3 is 0 Å². The summed E-state index contributed by atoms with van der Waals surface area (Å²) in [7, 11) is -3.49. The lowest BCUT2D eigenvalue weighted by Gasteiger charge is -2.35. The standard InChI is InChI=1S/C12H17N3O4S/c16-9-7-14(8-9)12(17)11-5-10(6-13-11)20(18,19)15-3-1-2-4-15/h5-6,9,13,16H,1-4,7-8H2. The molecule has 1 aromatic rings. The zero-order chi connectivity index (χ0) is 14.3. The lowest BCUT2D eigenvalue weighted by atomic mass is 10.1. The predicted molar refractivity (Wildman–Crippen MR) is 70.7 cm³/mol. The topological polar surface area (TPSA) is 93.7 Å². The first-order chi connectivity index (χ1) is 9.48. The number of aliphatic hydroxyl groups is 1. The van der Waals surface area contributed by atoms with Crippen molar-refractivity contribution in [3.05, 3.63) is 18.0 Å².